The van der Waals surface area contributed by atoms with Crippen molar-refractivity contribution in [3.63, 3.8) is 0 Å². The van der Waals surface area contributed by atoms with E-state index in [4.69, 9.17) is 2.74 Å². The number of allylic oxidation sites excluding steroid dienone is 2. The van der Waals surface area contributed by atoms with Crippen molar-refractivity contribution in [1.29, 1.82) is 0 Å². The summed E-state index contributed by atoms with van der Waals surface area (Å²) in [6.07, 6.45) is 9.39. The molecule has 1 atom stereocenters. The maximum absolute atomic E-state index is 12.3. The van der Waals surface area contributed by atoms with Gasteiger partial charge in [0.1, 0.15) is 0 Å². The zero-order valence-corrected chi connectivity index (χ0v) is 41.4. The van der Waals surface area contributed by atoms with Crippen LogP contribution in [0.5, 0.6) is 0 Å². The fourth-order valence-corrected chi connectivity index (χ4v) is 9.57. The van der Waals surface area contributed by atoms with Crippen LogP contribution < -0.4 is 0 Å². The van der Waals surface area contributed by atoms with Gasteiger partial charge in [-0.2, -0.15) is 13.2 Å². The van der Waals surface area contributed by atoms with Gasteiger partial charge in [-0.3, -0.25) is 4.79 Å². The minimum absolute atomic E-state index is 0. The van der Waals surface area contributed by atoms with Crippen LogP contribution in [0, 0.1) is 51.7 Å². The number of hydrogen-bond donors (Lipinski definition) is 1. The van der Waals surface area contributed by atoms with Crippen molar-refractivity contribution in [2.24, 2.45) is 11.8 Å². The van der Waals surface area contributed by atoms with Gasteiger partial charge in [0.2, 0.25) is 0 Å². The maximum atomic E-state index is 12.3. The normalized spacial score (nSPS) is 15.5. The third-order valence-electron chi connectivity index (χ3n) is 13.0. The number of aryl methyl sites for hydroxylation is 4. The number of carbonyl (C=O) groups excluding carboxylic acids is 1. The minimum atomic E-state index is -4.33. The van der Waals surface area contributed by atoms with E-state index < -0.39 is 24.3 Å². The summed E-state index contributed by atoms with van der Waals surface area (Å²) in [7, 11) is 0. The van der Waals surface area contributed by atoms with Crippen molar-refractivity contribution in [2.45, 2.75) is 144 Å². The molecule has 2 saturated carbocycles. The number of benzene rings is 4. The number of carbonyl (C=O) groups is 1. The number of halogens is 3. The number of rotatable bonds is 11. The summed E-state index contributed by atoms with van der Waals surface area (Å²) in [5.41, 5.74) is 11.3. The molecule has 1 unspecified atom stereocenters. The van der Waals surface area contributed by atoms with Gasteiger partial charge in [-0.15, -0.1) is 69.8 Å². The molecule has 65 heavy (non-hydrogen) atoms. The van der Waals surface area contributed by atoms with E-state index in [1.807, 2.05) is 27.0 Å². The maximum Gasteiger partial charge on any atom is 0.389 e. The van der Waals surface area contributed by atoms with Gasteiger partial charge >= 0.3 is 6.18 Å². The van der Waals surface area contributed by atoms with Crippen molar-refractivity contribution in [3.8, 4) is 22.5 Å². The SMILES string of the molecule is CCC(CC)C(=O)/C=C(\O)C(CC)CC(F)(F)F.Cc1[c-]c(-c2nccc3cc(C4CCCC4)ccc23)cc(C)c1.[2H]c1nc(-c2[c-]c(C)cc(C)c2)c2ccc(C3CCCC3)cc2c1[2H].[Ir]. The summed E-state index contributed by atoms with van der Waals surface area (Å²) in [4.78, 5) is 20.8. The van der Waals surface area contributed by atoms with Gasteiger partial charge in [-0.1, -0.05) is 111 Å². The van der Waals surface area contributed by atoms with E-state index in [2.05, 4.69) is 110 Å². The summed E-state index contributed by atoms with van der Waals surface area (Å²) >= 11 is 0. The molecule has 347 valence electrons. The van der Waals surface area contributed by atoms with Crippen LogP contribution in [-0.4, -0.2) is 27.0 Å². The minimum Gasteiger partial charge on any atom is -0.512 e. The third-order valence-corrected chi connectivity index (χ3v) is 13.0. The number of aliphatic hydroxyl groups is 1. The molecular formula is C57H65F3IrN2O2-2. The van der Waals surface area contributed by atoms with Gasteiger partial charge in [0, 0.05) is 50.4 Å². The predicted octanol–water partition coefficient (Wildman–Crippen LogP) is 16.4. The number of hydrogen-bond acceptors (Lipinski definition) is 4. The van der Waals surface area contributed by atoms with E-state index in [0.717, 1.165) is 56.4 Å². The molecule has 1 radical (unpaired) electrons. The van der Waals surface area contributed by atoms with Crippen LogP contribution >= 0.6 is 0 Å². The Labute approximate surface area is 401 Å². The first kappa shape index (κ1) is 48.3. The second-order valence-electron chi connectivity index (χ2n) is 18.0. The molecule has 1 N–H and O–H groups in total. The van der Waals surface area contributed by atoms with E-state index in [-0.39, 0.29) is 50.4 Å². The molecule has 2 aliphatic rings. The van der Waals surface area contributed by atoms with Gasteiger partial charge in [0.05, 0.1) is 14.9 Å². The van der Waals surface area contributed by atoms with E-state index >= 15 is 0 Å². The van der Waals surface area contributed by atoms with Crippen LogP contribution in [0.4, 0.5) is 13.2 Å². The van der Waals surface area contributed by atoms with Gasteiger partial charge in [-0.25, -0.2) is 0 Å². The van der Waals surface area contributed by atoms with E-state index in [1.54, 1.807) is 6.92 Å². The summed E-state index contributed by atoms with van der Waals surface area (Å²) in [5, 5.41) is 13.9. The zero-order valence-electron chi connectivity index (χ0n) is 41.0. The molecular weight excluding hydrogens is 994 g/mol. The molecule has 2 aliphatic carbocycles. The smallest absolute Gasteiger partial charge is 0.389 e. The summed E-state index contributed by atoms with van der Waals surface area (Å²) in [5.74, 6) is -0.644. The summed E-state index contributed by atoms with van der Waals surface area (Å²) in [6, 6.07) is 31.0. The molecule has 0 amide bonds. The quantitative estimate of drug-likeness (QED) is 0.0798. The van der Waals surface area contributed by atoms with Gasteiger partial charge in [0.25, 0.3) is 0 Å². The van der Waals surface area contributed by atoms with Crippen LogP contribution in [0.3, 0.4) is 0 Å². The number of aromatic nitrogens is 2. The van der Waals surface area contributed by atoms with E-state index in [1.165, 1.54) is 84.4 Å². The Kier molecular flexibility index (Phi) is 17.6. The second kappa shape index (κ2) is 23.7. The average molecular weight is 1060 g/mol. The Hall–Kier alpha value is -4.65. The first-order chi connectivity index (χ1) is 31.5. The van der Waals surface area contributed by atoms with Crippen molar-refractivity contribution in [2.75, 3.05) is 0 Å². The Morgan fingerprint density at radius 3 is 1.68 bits per heavy atom. The Morgan fingerprint density at radius 2 is 1.20 bits per heavy atom. The Morgan fingerprint density at radius 1 is 0.723 bits per heavy atom. The molecule has 8 heteroatoms. The van der Waals surface area contributed by atoms with Crippen LogP contribution in [0.15, 0.2) is 97.0 Å². The number of nitrogens with zero attached hydrogens (tertiary/aromatic N) is 2. The summed E-state index contributed by atoms with van der Waals surface area (Å²) in [6.45, 7) is 13.5. The Bertz CT molecular complexity index is 2630. The molecule has 0 bridgehead atoms. The molecule has 8 rings (SSSR count). The first-order valence-electron chi connectivity index (χ1n) is 24.3. The monoisotopic (exact) mass is 1060 g/mol. The molecule has 0 saturated heterocycles. The first-order valence-corrected chi connectivity index (χ1v) is 23.3. The molecule has 2 heterocycles. The number of ketones is 1. The molecule has 6 aromatic rings. The fourth-order valence-electron chi connectivity index (χ4n) is 9.57. The number of fused-ring (bicyclic) bond motifs is 2. The average Bonchev–Trinajstić information content (AvgIpc) is 4.03. The van der Waals surface area contributed by atoms with Crippen LogP contribution in [0.2, 0.25) is 0 Å². The molecule has 4 nitrogen and oxygen atoms in total. The van der Waals surface area contributed by atoms with Gasteiger partial charge < -0.3 is 15.1 Å². The molecule has 2 aromatic heterocycles. The van der Waals surface area contributed by atoms with Crippen molar-refractivity contribution < 1.29 is 45.9 Å². The van der Waals surface area contributed by atoms with Crippen LogP contribution in [0.25, 0.3) is 44.1 Å². The molecule has 4 aromatic carbocycles. The molecule has 0 spiro atoms. The zero-order chi connectivity index (χ0) is 47.7. The van der Waals surface area contributed by atoms with E-state index in [9.17, 15) is 23.1 Å². The molecule has 2 fully saturated rings. The van der Waals surface area contributed by atoms with Crippen molar-refractivity contribution >= 4 is 27.3 Å². The topological polar surface area (TPSA) is 63.1 Å². The Balaban J connectivity index is 0.000000190. The van der Waals surface area contributed by atoms with E-state index in [0.29, 0.717) is 18.8 Å². The summed E-state index contributed by atoms with van der Waals surface area (Å²) < 4.78 is 53.3. The van der Waals surface area contributed by atoms with Crippen LogP contribution in [0.1, 0.15) is 146 Å². The standard InChI is InChI=1S/2C22H22N.C13H21F3O2.Ir/c2*1-15-11-16(2)13-20(12-15)22-21-8-7-18(17-5-3-4-6-17)14-19(21)9-10-23-22;1-4-9(5-2)11(17)7-12(18)10(6-3)8-13(14,15)16;/h2*7-12,14,17H,3-6H2,1-2H3;7,9-10,18H,4-6,8H2,1-3H3;/q2*-1;;/b;;12-7-;/i9D,10D;;;. The van der Waals surface area contributed by atoms with Crippen molar-refractivity contribution in [3.05, 3.63) is 142 Å². The largest absolute Gasteiger partial charge is 0.512 e. The fraction of sp³-hybridized carbons (Fsp3) is 0.421. The number of alkyl halides is 3. The van der Waals surface area contributed by atoms with Gasteiger partial charge in [-0.05, 0) is 113 Å². The number of aliphatic hydroxyl groups excluding tert-OH is 1. The second-order valence-corrected chi connectivity index (χ2v) is 18.0. The predicted molar refractivity (Wildman–Crippen MR) is 258 cm³/mol. The van der Waals surface area contributed by atoms with Crippen molar-refractivity contribution in [1.82, 2.24) is 9.97 Å². The third kappa shape index (κ3) is 13.9. The number of pyridine rings is 2. The van der Waals surface area contributed by atoms with Gasteiger partial charge in [0.15, 0.2) is 5.78 Å². The van der Waals surface area contributed by atoms with Crippen LogP contribution in [-0.2, 0) is 24.9 Å². The molecule has 0 aliphatic heterocycles.